The van der Waals surface area contributed by atoms with E-state index in [1.54, 1.807) is 48.5 Å². The van der Waals surface area contributed by atoms with E-state index < -0.39 is 23.8 Å². The summed E-state index contributed by atoms with van der Waals surface area (Å²) in [6.45, 7) is -0.215. The van der Waals surface area contributed by atoms with Crippen molar-refractivity contribution < 1.29 is 23.9 Å². The van der Waals surface area contributed by atoms with Gasteiger partial charge in [-0.05, 0) is 36.4 Å². The second-order valence-electron chi connectivity index (χ2n) is 6.19. The molecule has 1 atom stereocenters. The number of hydrogen-bond donors (Lipinski definition) is 3. The van der Waals surface area contributed by atoms with Gasteiger partial charge in [-0.15, -0.1) is 0 Å². The molecule has 0 saturated heterocycles. The maximum absolute atomic E-state index is 12.3. The van der Waals surface area contributed by atoms with Crippen LogP contribution in [0, 0.1) is 0 Å². The van der Waals surface area contributed by atoms with Gasteiger partial charge >= 0.3 is 0 Å². The molecule has 2 aromatic rings. The van der Waals surface area contributed by atoms with E-state index in [0.29, 0.717) is 22.6 Å². The molecule has 0 saturated carbocycles. The Morgan fingerprint density at radius 3 is 2.50 bits per heavy atom. The number of amides is 3. The fourth-order valence-electron chi connectivity index (χ4n) is 2.77. The van der Waals surface area contributed by atoms with Crippen LogP contribution in [-0.2, 0) is 9.59 Å². The van der Waals surface area contributed by atoms with Gasteiger partial charge in [0.25, 0.3) is 5.91 Å². The first-order valence-corrected chi connectivity index (χ1v) is 8.62. The Labute approximate surface area is 161 Å². The first kappa shape index (κ1) is 19.1. The largest absolute Gasteiger partial charge is 0.497 e. The second kappa shape index (κ2) is 8.34. The number of rotatable bonds is 6. The molecular formula is C20H19N3O5. The third-order valence-electron chi connectivity index (χ3n) is 4.30. The maximum Gasteiger partial charge on any atom is 0.254 e. The molecule has 8 heteroatoms. The summed E-state index contributed by atoms with van der Waals surface area (Å²) in [6, 6.07) is 12.1. The number of nitrogens with one attached hydrogen (secondary N) is 3. The Morgan fingerprint density at radius 1 is 1.07 bits per heavy atom. The van der Waals surface area contributed by atoms with Gasteiger partial charge in [0.2, 0.25) is 11.8 Å². The predicted octanol–water partition coefficient (Wildman–Crippen LogP) is 1.13. The molecule has 1 heterocycles. The van der Waals surface area contributed by atoms with E-state index in [9.17, 15) is 19.2 Å². The smallest absolute Gasteiger partial charge is 0.254 e. The Bertz CT molecular complexity index is 924. The van der Waals surface area contributed by atoms with Crippen molar-refractivity contribution in [2.45, 2.75) is 12.5 Å². The normalized spacial score (nSPS) is 15.5. The van der Waals surface area contributed by atoms with Crippen LogP contribution in [0.5, 0.6) is 5.75 Å². The van der Waals surface area contributed by atoms with E-state index in [0.717, 1.165) is 0 Å². The van der Waals surface area contributed by atoms with Gasteiger partial charge in [-0.3, -0.25) is 19.2 Å². The zero-order valence-corrected chi connectivity index (χ0v) is 15.2. The van der Waals surface area contributed by atoms with Crippen molar-refractivity contribution in [1.29, 1.82) is 0 Å². The minimum absolute atomic E-state index is 0.215. The van der Waals surface area contributed by atoms with Crippen LogP contribution < -0.4 is 20.7 Å². The van der Waals surface area contributed by atoms with E-state index in [2.05, 4.69) is 16.0 Å². The van der Waals surface area contributed by atoms with Gasteiger partial charge < -0.3 is 20.7 Å². The Kier molecular flexibility index (Phi) is 5.69. The molecule has 0 unspecified atom stereocenters. The lowest BCUT2D eigenvalue weighted by Gasteiger charge is -2.14. The van der Waals surface area contributed by atoms with Crippen LogP contribution in [0.3, 0.4) is 0 Å². The molecule has 0 bridgehead atoms. The summed E-state index contributed by atoms with van der Waals surface area (Å²) in [6.07, 6.45) is -0.276. The predicted molar refractivity (Wildman–Crippen MR) is 101 cm³/mol. The van der Waals surface area contributed by atoms with Gasteiger partial charge in [0.1, 0.15) is 11.8 Å². The molecule has 0 spiro atoms. The number of ketones is 1. The highest BCUT2D eigenvalue weighted by atomic mass is 16.5. The minimum atomic E-state index is -1.03. The summed E-state index contributed by atoms with van der Waals surface area (Å²) in [5, 5.41) is 7.65. The van der Waals surface area contributed by atoms with Gasteiger partial charge in [0, 0.05) is 5.56 Å². The van der Waals surface area contributed by atoms with Crippen molar-refractivity contribution in [2.75, 3.05) is 19.0 Å². The summed E-state index contributed by atoms with van der Waals surface area (Å²) >= 11 is 0. The highest BCUT2D eigenvalue weighted by molar-refractivity contribution is 6.10. The lowest BCUT2D eigenvalue weighted by atomic mass is 10.1. The van der Waals surface area contributed by atoms with Crippen molar-refractivity contribution in [1.82, 2.24) is 10.6 Å². The van der Waals surface area contributed by atoms with Crippen LogP contribution in [0.1, 0.15) is 27.1 Å². The molecule has 0 radical (unpaired) electrons. The van der Waals surface area contributed by atoms with Crippen molar-refractivity contribution in [3.8, 4) is 5.75 Å². The average molecular weight is 381 g/mol. The van der Waals surface area contributed by atoms with E-state index >= 15 is 0 Å². The lowest BCUT2D eigenvalue weighted by Crippen LogP contribution is -2.45. The number of methoxy groups -OCH3 is 1. The fraction of sp³-hybridized carbons (Fsp3) is 0.200. The Hall–Kier alpha value is -3.68. The summed E-state index contributed by atoms with van der Waals surface area (Å²) in [5.74, 6) is -1.11. The number of para-hydroxylation sites is 1. The van der Waals surface area contributed by atoms with Crippen molar-refractivity contribution in [3.63, 3.8) is 0 Å². The van der Waals surface area contributed by atoms with E-state index in [1.165, 1.54) is 7.11 Å². The topological polar surface area (TPSA) is 114 Å². The molecule has 8 nitrogen and oxygen atoms in total. The number of Topliss-reactive ketones (excluding diaryl/α,β-unsaturated/α-hetero) is 1. The van der Waals surface area contributed by atoms with Gasteiger partial charge in [-0.25, -0.2) is 0 Å². The number of carbonyl (C=O) groups is 4. The molecule has 2 aromatic carbocycles. The van der Waals surface area contributed by atoms with Crippen molar-refractivity contribution >= 4 is 29.2 Å². The number of benzene rings is 2. The van der Waals surface area contributed by atoms with Gasteiger partial charge in [-0.2, -0.15) is 0 Å². The van der Waals surface area contributed by atoms with Crippen LogP contribution in [0.15, 0.2) is 48.5 Å². The number of hydrogen-bond acceptors (Lipinski definition) is 5. The van der Waals surface area contributed by atoms with Crippen molar-refractivity contribution in [3.05, 3.63) is 59.7 Å². The average Bonchev–Trinajstić information content (AvgIpc) is 2.82. The SMILES string of the molecule is COc1ccc(C(=O)CNC(=O)C[C@@H]2NC(=O)c3ccccc3NC2=O)cc1. The van der Waals surface area contributed by atoms with Gasteiger partial charge in [-0.1, -0.05) is 12.1 Å². The standard InChI is InChI=1S/C20H19N3O5/c1-28-13-8-6-12(7-9-13)17(24)11-21-18(25)10-16-20(27)22-15-5-3-2-4-14(15)19(26)23-16/h2-9,16H,10-11H2,1H3,(H,21,25)(H,22,27)(H,23,26)/t16-/m0/s1. The molecule has 1 aliphatic rings. The highest BCUT2D eigenvalue weighted by Crippen LogP contribution is 2.18. The van der Waals surface area contributed by atoms with Crippen LogP contribution in [0.2, 0.25) is 0 Å². The third kappa shape index (κ3) is 4.35. The first-order valence-electron chi connectivity index (χ1n) is 8.62. The molecule has 144 valence electrons. The number of carbonyl (C=O) groups excluding carboxylic acids is 4. The molecule has 3 rings (SSSR count). The molecule has 0 aliphatic carbocycles. The van der Waals surface area contributed by atoms with Gasteiger partial charge in [0.15, 0.2) is 5.78 Å². The lowest BCUT2D eigenvalue weighted by molar-refractivity contribution is -0.125. The molecular weight excluding hydrogens is 362 g/mol. The van der Waals surface area contributed by atoms with E-state index in [4.69, 9.17) is 4.74 Å². The Balaban J connectivity index is 1.56. The summed E-state index contributed by atoms with van der Waals surface area (Å²) < 4.78 is 5.03. The van der Waals surface area contributed by atoms with E-state index in [1.807, 2.05) is 0 Å². The highest BCUT2D eigenvalue weighted by Gasteiger charge is 2.29. The number of ether oxygens (including phenoxy) is 1. The summed E-state index contributed by atoms with van der Waals surface area (Å²) in [5.41, 5.74) is 1.15. The molecule has 0 fully saturated rings. The zero-order valence-electron chi connectivity index (χ0n) is 15.2. The van der Waals surface area contributed by atoms with Crippen LogP contribution in [0.25, 0.3) is 0 Å². The van der Waals surface area contributed by atoms with Gasteiger partial charge in [0.05, 0.1) is 31.3 Å². The second-order valence-corrected chi connectivity index (χ2v) is 6.19. The fourth-order valence-corrected chi connectivity index (χ4v) is 2.77. The molecule has 3 N–H and O–H groups in total. The molecule has 0 aromatic heterocycles. The Morgan fingerprint density at radius 2 is 1.79 bits per heavy atom. The molecule has 1 aliphatic heterocycles. The minimum Gasteiger partial charge on any atom is -0.497 e. The monoisotopic (exact) mass is 381 g/mol. The van der Waals surface area contributed by atoms with Crippen molar-refractivity contribution in [2.24, 2.45) is 0 Å². The third-order valence-corrected chi connectivity index (χ3v) is 4.30. The van der Waals surface area contributed by atoms with Crippen LogP contribution in [0.4, 0.5) is 5.69 Å². The zero-order chi connectivity index (χ0) is 20.1. The summed E-state index contributed by atoms with van der Waals surface area (Å²) in [4.78, 5) is 48.9. The van der Waals surface area contributed by atoms with Crippen LogP contribution >= 0.6 is 0 Å². The maximum atomic E-state index is 12.3. The quantitative estimate of drug-likeness (QED) is 0.649. The molecule has 3 amide bonds. The summed E-state index contributed by atoms with van der Waals surface area (Å²) in [7, 11) is 1.53. The van der Waals surface area contributed by atoms with E-state index in [-0.39, 0.29) is 18.7 Å². The first-order chi connectivity index (χ1) is 13.5. The molecule has 28 heavy (non-hydrogen) atoms. The van der Waals surface area contributed by atoms with Crippen LogP contribution in [-0.4, -0.2) is 43.2 Å². The number of anilines is 1. The number of fused-ring (bicyclic) bond motifs is 1.